The first kappa shape index (κ1) is 23.8. The number of halogens is 1. The lowest BCUT2D eigenvalue weighted by atomic mass is 9.98. The van der Waals surface area contributed by atoms with Crippen LogP contribution in [0.1, 0.15) is 42.5 Å². The number of furan rings is 1. The highest BCUT2D eigenvalue weighted by Crippen LogP contribution is 2.43. The summed E-state index contributed by atoms with van der Waals surface area (Å²) in [6.45, 7) is 8.36. The van der Waals surface area contributed by atoms with Gasteiger partial charge in [-0.05, 0) is 79.9 Å². The Kier molecular flexibility index (Phi) is 6.66. The molecule has 3 aromatic rings. The maximum absolute atomic E-state index is 13.2. The van der Waals surface area contributed by atoms with E-state index in [1.54, 1.807) is 61.5 Å². The van der Waals surface area contributed by atoms with Crippen molar-refractivity contribution >= 4 is 39.1 Å². The topological polar surface area (TPSA) is 80.0 Å². The minimum absolute atomic E-state index is 0.0162. The number of anilines is 1. The van der Waals surface area contributed by atoms with Gasteiger partial charge < -0.3 is 14.3 Å². The molecule has 1 saturated heterocycles. The Balaban J connectivity index is 1.82. The van der Waals surface area contributed by atoms with E-state index in [-0.39, 0.29) is 11.3 Å². The predicted octanol–water partition coefficient (Wildman–Crippen LogP) is 6.32. The lowest BCUT2D eigenvalue weighted by Gasteiger charge is -2.23. The number of ether oxygens (including phenoxy) is 1. The Bertz CT molecular complexity index is 1270. The SMILES string of the molecule is Cc1ccc(C2/C(=C(/O)c3ccc(OCC(C)C)c(C)c3)C(=O)C(=O)N2c2ccc(Br)cc2)o1. The summed E-state index contributed by atoms with van der Waals surface area (Å²) in [6, 6.07) is 14.9. The average Bonchev–Trinajstić information content (AvgIpc) is 3.34. The second-order valence-corrected chi connectivity index (χ2v) is 9.69. The van der Waals surface area contributed by atoms with E-state index in [0.717, 1.165) is 10.0 Å². The quantitative estimate of drug-likeness (QED) is 0.232. The fourth-order valence-electron chi connectivity index (χ4n) is 3.94. The van der Waals surface area contributed by atoms with Crippen molar-refractivity contribution in [2.75, 3.05) is 11.5 Å². The largest absolute Gasteiger partial charge is 0.507 e. The van der Waals surface area contributed by atoms with Crippen LogP contribution in [0, 0.1) is 19.8 Å². The number of aliphatic hydroxyl groups excluding tert-OH is 1. The van der Waals surface area contributed by atoms with Crippen molar-refractivity contribution in [2.45, 2.75) is 33.7 Å². The molecular weight excluding hydrogens is 498 g/mol. The lowest BCUT2D eigenvalue weighted by molar-refractivity contribution is -0.132. The number of carbonyl (C=O) groups excluding carboxylic acids is 2. The molecule has 1 atom stereocenters. The van der Waals surface area contributed by atoms with E-state index in [9.17, 15) is 14.7 Å². The fraction of sp³-hybridized carbons (Fsp3) is 0.259. The van der Waals surface area contributed by atoms with Crippen molar-refractivity contribution in [2.24, 2.45) is 5.92 Å². The van der Waals surface area contributed by atoms with Crippen molar-refractivity contribution in [1.82, 2.24) is 0 Å². The van der Waals surface area contributed by atoms with Gasteiger partial charge in [-0.15, -0.1) is 0 Å². The molecule has 1 fully saturated rings. The summed E-state index contributed by atoms with van der Waals surface area (Å²) in [7, 11) is 0. The van der Waals surface area contributed by atoms with Gasteiger partial charge in [0.05, 0.1) is 12.2 Å². The van der Waals surface area contributed by atoms with E-state index >= 15 is 0 Å². The molecule has 1 aliphatic rings. The zero-order valence-electron chi connectivity index (χ0n) is 19.5. The third-order valence-corrected chi connectivity index (χ3v) is 6.13. The van der Waals surface area contributed by atoms with Crippen LogP contribution in [0.15, 0.2) is 69.1 Å². The molecule has 0 radical (unpaired) electrons. The van der Waals surface area contributed by atoms with Crippen LogP contribution in [-0.4, -0.2) is 23.4 Å². The summed E-state index contributed by atoms with van der Waals surface area (Å²) in [6.07, 6.45) is 0. The van der Waals surface area contributed by atoms with E-state index < -0.39 is 17.7 Å². The first-order valence-electron chi connectivity index (χ1n) is 11.0. The van der Waals surface area contributed by atoms with Gasteiger partial charge in [0, 0.05) is 15.7 Å². The van der Waals surface area contributed by atoms with Crippen LogP contribution in [0.25, 0.3) is 5.76 Å². The zero-order valence-corrected chi connectivity index (χ0v) is 21.0. The maximum atomic E-state index is 13.2. The van der Waals surface area contributed by atoms with Gasteiger partial charge in [0.25, 0.3) is 11.7 Å². The van der Waals surface area contributed by atoms with E-state index in [4.69, 9.17) is 9.15 Å². The summed E-state index contributed by atoms with van der Waals surface area (Å²) in [5, 5.41) is 11.3. The number of ketones is 1. The molecule has 34 heavy (non-hydrogen) atoms. The van der Waals surface area contributed by atoms with Crippen molar-refractivity contribution in [3.63, 3.8) is 0 Å². The van der Waals surface area contributed by atoms with Crippen LogP contribution < -0.4 is 9.64 Å². The standard InChI is InChI=1S/C27H26BrNO5/c1-15(2)14-33-21-12-6-18(13-16(21)3)25(30)23-24(22-11-5-17(4)34-22)29(27(32)26(23)31)20-9-7-19(28)8-10-20/h5-13,15,24,30H,14H2,1-4H3/b25-23-. The molecule has 1 amide bonds. The summed E-state index contributed by atoms with van der Waals surface area (Å²) in [5.41, 5.74) is 1.75. The van der Waals surface area contributed by atoms with Crippen molar-refractivity contribution in [1.29, 1.82) is 0 Å². The molecule has 1 aromatic heterocycles. The van der Waals surface area contributed by atoms with Crippen LogP contribution in [0.5, 0.6) is 5.75 Å². The molecule has 0 aliphatic carbocycles. The van der Waals surface area contributed by atoms with Crippen LogP contribution >= 0.6 is 15.9 Å². The Morgan fingerprint density at radius 1 is 1.09 bits per heavy atom. The first-order valence-corrected chi connectivity index (χ1v) is 11.8. The number of nitrogens with zero attached hydrogens (tertiary/aromatic N) is 1. The summed E-state index contributed by atoms with van der Waals surface area (Å²) in [5.74, 6) is 0.371. The molecule has 0 saturated carbocycles. The van der Waals surface area contributed by atoms with E-state index in [1.807, 2.05) is 6.92 Å². The molecule has 2 heterocycles. The number of hydrogen-bond donors (Lipinski definition) is 1. The Morgan fingerprint density at radius 3 is 2.38 bits per heavy atom. The number of Topliss-reactive ketones (excluding diaryl/α,β-unsaturated/α-hetero) is 1. The second kappa shape index (κ2) is 9.50. The number of aliphatic hydroxyl groups is 1. The number of benzene rings is 2. The van der Waals surface area contributed by atoms with Gasteiger partial charge >= 0.3 is 0 Å². The summed E-state index contributed by atoms with van der Waals surface area (Å²) in [4.78, 5) is 27.7. The fourth-order valence-corrected chi connectivity index (χ4v) is 4.21. The molecule has 4 rings (SSSR count). The molecule has 6 nitrogen and oxygen atoms in total. The normalized spacial score (nSPS) is 17.6. The molecule has 1 N–H and O–H groups in total. The van der Waals surface area contributed by atoms with Crippen molar-refractivity contribution in [3.05, 3.63) is 87.3 Å². The van der Waals surface area contributed by atoms with Crippen LogP contribution in [0.4, 0.5) is 5.69 Å². The molecule has 7 heteroatoms. The Hall–Kier alpha value is -3.32. The molecule has 1 unspecified atom stereocenters. The van der Waals surface area contributed by atoms with Gasteiger partial charge in [0.1, 0.15) is 29.1 Å². The number of carbonyl (C=O) groups is 2. The highest BCUT2D eigenvalue weighted by Gasteiger charge is 2.48. The second-order valence-electron chi connectivity index (χ2n) is 8.78. The number of hydrogen-bond acceptors (Lipinski definition) is 5. The molecule has 176 valence electrons. The lowest BCUT2D eigenvalue weighted by Crippen LogP contribution is -2.29. The monoisotopic (exact) mass is 523 g/mol. The van der Waals surface area contributed by atoms with Crippen molar-refractivity contribution < 1.29 is 23.8 Å². The number of amides is 1. The van der Waals surface area contributed by atoms with E-state index in [1.165, 1.54) is 4.90 Å². The summed E-state index contributed by atoms with van der Waals surface area (Å²) < 4.78 is 12.5. The minimum atomic E-state index is -0.896. The summed E-state index contributed by atoms with van der Waals surface area (Å²) >= 11 is 3.39. The minimum Gasteiger partial charge on any atom is -0.507 e. The molecule has 2 aromatic carbocycles. The number of rotatable bonds is 6. The zero-order chi connectivity index (χ0) is 24.6. The Morgan fingerprint density at radius 2 is 1.79 bits per heavy atom. The van der Waals surface area contributed by atoms with Gasteiger partial charge in [-0.1, -0.05) is 29.8 Å². The van der Waals surface area contributed by atoms with Crippen molar-refractivity contribution in [3.8, 4) is 5.75 Å². The van der Waals surface area contributed by atoms with Gasteiger partial charge in [0.2, 0.25) is 0 Å². The van der Waals surface area contributed by atoms with Gasteiger partial charge in [0.15, 0.2) is 0 Å². The average molecular weight is 524 g/mol. The molecular formula is C27H26BrNO5. The van der Waals surface area contributed by atoms with Gasteiger partial charge in [-0.25, -0.2) is 0 Å². The first-order chi connectivity index (χ1) is 16.2. The van der Waals surface area contributed by atoms with E-state index in [2.05, 4.69) is 29.8 Å². The highest BCUT2D eigenvalue weighted by molar-refractivity contribution is 9.10. The highest BCUT2D eigenvalue weighted by atomic mass is 79.9. The van der Waals surface area contributed by atoms with Gasteiger partial charge in [-0.3, -0.25) is 14.5 Å². The van der Waals surface area contributed by atoms with E-state index in [0.29, 0.717) is 41.0 Å². The van der Waals surface area contributed by atoms with Crippen LogP contribution in [0.2, 0.25) is 0 Å². The van der Waals surface area contributed by atoms with Gasteiger partial charge in [-0.2, -0.15) is 0 Å². The molecule has 0 spiro atoms. The third kappa shape index (κ3) is 4.53. The Labute approximate surface area is 207 Å². The predicted molar refractivity (Wildman–Crippen MR) is 134 cm³/mol. The number of aryl methyl sites for hydroxylation is 2. The smallest absolute Gasteiger partial charge is 0.300 e. The molecule has 0 bridgehead atoms. The van der Waals surface area contributed by atoms with Crippen LogP contribution in [-0.2, 0) is 9.59 Å². The van der Waals surface area contributed by atoms with Crippen LogP contribution in [0.3, 0.4) is 0 Å². The molecule has 1 aliphatic heterocycles. The third-order valence-electron chi connectivity index (χ3n) is 5.60. The maximum Gasteiger partial charge on any atom is 0.300 e.